The zero-order valence-corrected chi connectivity index (χ0v) is 14.5. The molecule has 2 bridgehead atoms. The van der Waals surface area contributed by atoms with Crippen molar-refractivity contribution in [2.75, 3.05) is 12.9 Å². The van der Waals surface area contributed by atoms with Gasteiger partial charge in [-0.15, -0.1) is 0 Å². The van der Waals surface area contributed by atoms with Crippen molar-refractivity contribution < 1.29 is 17.9 Å². The lowest BCUT2D eigenvalue weighted by Gasteiger charge is -2.30. The number of hydrogen-bond donors (Lipinski definition) is 0. The largest absolute Gasteiger partial charge is 0.497 e. The summed E-state index contributed by atoms with van der Waals surface area (Å²) in [6, 6.07) is 7.15. The van der Waals surface area contributed by atoms with E-state index in [0.717, 1.165) is 37.0 Å². The molecule has 3 fully saturated rings. The fourth-order valence-corrected chi connectivity index (χ4v) is 7.14. The van der Waals surface area contributed by atoms with Crippen molar-refractivity contribution in [3.05, 3.63) is 35.9 Å². The normalized spacial score (nSPS) is 33.1. The summed E-state index contributed by atoms with van der Waals surface area (Å²) in [6.45, 7) is 0. The average Bonchev–Trinajstić information content (AvgIpc) is 3.16. The first-order chi connectivity index (χ1) is 11.4. The minimum absolute atomic E-state index is 0.130. The molecule has 1 aromatic rings. The second kappa shape index (κ2) is 5.34. The van der Waals surface area contributed by atoms with Gasteiger partial charge in [-0.2, -0.15) is 0 Å². The molecule has 3 atom stereocenters. The summed E-state index contributed by atoms with van der Waals surface area (Å²) in [5.41, 5.74) is 0.663. The fourth-order valence-electron chi connectivity index (χ4n) is 4.79. The highest BCUT2D eigenvalue weighted by atomic mass is 32.2. The van der Waals surface area contributed by atoms with Gasteiger partial charge in [0.1, 0.15) is 5.75 Å². The highest BCUT2D eigenvalue weighted by Crippen LogP contribution is 2.60. The van der Waals surface area contributed by atoms with Gasteiger partial charge in [0.05, 0.1) is 18.9 Å². The second-order valence-corrected chi connectivity index (χ2v) is 9.07. The number of methoxy groups -OCH3 is 1. The summed E-state index contributed by atoms with van der Waals surface area (Å²) in [5, 5.41) is 0. The maximum absolute atomic E-state index is 12.6. The Kier molecular flexibility index (Phi) is 3.49. The topological polar surface area (TPSA) is 63.7 Å². The minimum atomic E-state index is -3.49. The first-order valence-electron chi connectivity index (χ1n) is 8.32. The average molecular weight is 347 g/mol. The van der Waals surface area contributed by atoms with Crippen molar-refractivity contribution >= 4 is 22.0 Å². The molecule has 1 spiro atoms. The molecule has 2 saturated carbocycles. The molecule has 128 valence electrons. The second-order valence-electron chi connectivity index (χ2n) is 7.22. The molecule has 6 heteroatoms. The molecule has 0 aromatic heterocycles. The SMILES string of the molecule is COc1ccc(/C=C/C(=O)N2C3CC4CCC3(C4)CS2(=O)=O)cc1. The van der Waals surface area contributed by atoms with Crippen LogP contribution in [0.15, 0.2) is 30.3 Å². The lowest BCUT2D eigenvalue weighted by atomic mass is 9.82. The number of hydrogen-bond acceptors (Lipinski definition) is 4. The number of rotatable bonds is 3. The molecule has 5 nitrogen and oxygen atoms in total. The van der Waals surface area contributed by atoms with Gasteiger partial charge < -0.3 is 4.74 Å². The quantitative estimate of drug-likeness (QED) is 0.788. The summed E-state index contributed by atoms with van der Waals surface area (Å²) < 4.78 is 31.4. The van der Waals surface area contributed by atoms with Crippen molar-refractivity contribution in [2.24, 2.45) is 11.3 Å². The molecule has 0 N–H and O–H groups in total. The summed E-state index contributed by atoms with van der Waals surface area (Å²) in [6.07, 6.45) is 6.88. The molecule has 1 aromatic carbocycles. The van der Waals surface area contributed by atoms with Crippen molar-refractivity contribution in [1.29, 1.82) is 0 Å². The van der Waals surface area contributed by atoms with Gasteiger partial charge in [-0.3, -0.25) is 4.79 Å². The number of fused-ring (bicyclic) bond motifs is 1. The smallest absolute Gasteiger partial charge is 0.260 e. The first kappa shape index (κ1) is 15.7. The van der Waals surface area contributed by atoms with Crippen molar-refractivity contribution in [3.8, 4) is 5.75 Å². The van der Waals surface area contributed by atoms with Gasteiger partial charge in [0.2, 0.25) is 10.0 Å². The van der Waals surface area contributed by atoms with Gasteiger partial charge in [0.25, 0.3) is 5.91 Å². The van der Waals surface area contributed by atoms with E-state index in [1.165, 1.54) is 10.4 Å². The number of ether oxygens (including phenoxy) is 1. The predicted octanol–water partition coefficient (Wildman–Crippen LogP) is 2.44. The summed E-state index contributed by atoms with van der Waals surface area (Å²) >= 11 is 0. The summed E-state index contributed by atoms with van der Waals surface area (Å²) in [4.78, 5) is 12.6. The first-order valence-corrected chi connectivity index (χ1v) is 9.93. The van der Waals surface area contributed by atoms with Crippen LogP contribution in [0.4, 0.5) is 0 Å². The number of benzene rings is 1. The van der Waals surface area contributed by atoms with Gasteiger partial charge in [0, 0.05) is 11.5 Å². The molecule has 1 amide bonds. The van der Waals surface area contributed by atoms with E-state index in [4.69, 9.17) is 4.74 Å². The van der Waals surface area contributed by atoms with Crippen molar-refractivity contribution in [1.82, 2.24) is 4.31 Å². The standard InChI is InChI=1S/C18H21NO4S/c1-23-15-5-2-13(3-6-15)4-7-17(20)19-16-10-14-8-9-18(16,11-14)12-24(19,21)22/h2-7,14,16H,8-12H2,1H3/b7-4+. The molecular weight excluding hydrogens is 326 g/mol. The highest BCUT2D eigenvalue weighted by molar-refractivity contribution is 7.90. The molecule has 4 rings (SSSR count). The molecule has 1 saturated heterocycles. The molecule has 0 radical (unpaired) electrons. The van der Waals surface area contributed by atoms with E-state index in [-0.39, 0.29) is 17.2 Å². The Bertz CT molecular complexity index is 799. The molecule has 1 heterocycles. The highest BCUT2D eigenvalue weighted by Gasteiger charge is 2.63. The zero-order chi connectivity index (χ0) is 16.9. The lowest BCUT2D eigenvalue weighted by molar-refractivity contribution is -0.123. The summed E-state index contributed by atoms with van der Waals surface area (Å²) in [5.74, 6) is 1.06. The van der Waals surface area contributed by atoms with Crippen LogP contribution in [-0.4, -0.2) is 37.5 Å². The Morgan fingerprint density at radius 3 is 2.75 bits per heavy atom. The van der Waals surface area contributed by atoms with E-state index in [1.54, 1.807) is 13.2 Å². The van der Waals surface area contributed by atoms with Crippen LogP contribution in [0.25, 0.3) is 6.08 Å². The maximum atomic E-state index is 12.6. The fraction of sp³-hybridized carbons (Fsp3) is 0.500. The van der Waals surface area contributed by atoms with E-state index in [0.29, 0.717) is 5.92 Å². The zero-order valence-electron chi connectivity index (χ0n) is 13.6. The van der Waals surface area contributed by atoms with Gasteiger partial charge in [0.15, 0.2) is 0 Å². The number of carbonyl (C=O) groups excluding carboxylic acids is 1. The van der Waals surface area contributed by atoms with E-state index >= 15 is 0 Å². The van der Waals surface area contributed by atoms with Crippen LogP contribution in [0, 0.1) is 11.3 Å². The molecule has 3 unspecified atom stereocenters. The Morgan fingerprint density at radius 1 is 1.33 bits per heavy atom. The van der Waals surface area contributed by atoms with Crippen LogP contribution in [-0.2, 0) is 14.8 Å². The van der Waals surface area contributed by atoms with Gasteiger partial charge in [-0.1, -0.05) is 12.1 Å². The predicted molar refractivity (Wildman–Crippen MR) is 90.8 cm³/mol. The number of nitrogens with zero attached hydrogens (tertiary/aromatic N) is 1. The number of carbonyl (C=O) groups is 1. The molecule has 2 aliphatic carbocycles. The molecule has 24 heavy (non-hydrogen) atoms. The molecule has 3 aliphatic rings. The van der Waals surface area contributed by atoms with Crippen LogP contribution in [0.1, 0.15) is 31.2 Å². The maximum Gasteiger partial charge on any atom is 0.260 e. The van der Waals surface area contributed by atoms with E-state index in [9.17, 15) is 13.2 Å². The Morgan fingerprint density at radius 2 is 2.08 bits per heavy atom. The van der Waals surface area contributed by atoms with Gasteiger partial charge in [-0.05, 0) is 55.4 Å². The van der Waals surface area contributed by atoms with Gasteiger partial charge in [-0.25, -0.2) is 12.7 Å². The van der Waals surface area contributed by atoms with E-state index in [1.807, 2.05) is 24.3 Å². The molecule has 1 aliphatic heterocycles. The number of amides is 1. The summed E-state index contributed by atoms with van der Waals surface area (Å²) in [7, 11) is -1.90. The number of sulfonamides is 1. The van der Waals surface area contributed by atoms with Crippen LogP contribution in [0.3, 0.4) is 0 Å². The minimum Gasteiger partial charge on any atom is -0.497 e. The molecular formula is C18H21NO4S. The van der Waals surface area contributed by atoms with Crippen molar-refractivity contribution in [3.63, 3.8) is 0 Å². The van der Waals surface area contributed by atoms with Crippen molar-refractivity contribution in [2.45, 2.75) is 31.7 Å². The van der Waals surface area contributed by atoms with E-state index < -0.39 is 15.9 Å². The third-order valence-electron chi connectivity index (χ3n) is 5.81. The monoisotopic (exact) mass is 347 g/mol. The third-order valence-corrected chi connectivity index (χ3v) is 7.79. The van der Waals surface area contributed by atoms with Crippen LogP contribution >= 0.6 is 0 Å². The Labute approximate surface area is 142 Å². The van der Waals surface area contributed by atoms with Gasteiger partial charge >= 0.3 is 0 Å². The van der Waals surface area contributed by atoms with E-state index in [2.05, 4.69) is 0 Å². The van der Waals surface area contributed by atoms with Crippen LogP contribution in [0.2, 0.25) is 0 Å². The lowest BCUT2D eigenvalue weighted by Crippen LogP contribution is -2.41. The van der Waals surface area contributed by atoms with Crippen LogP contribution < -0.4 is 4.74 Å². The Balaban J connectivity index is 1.56. The Hall–Kier alpha value is -1.82. The third kappa shape index (κ3) is 2.35. The van der Waals surface area contributed by atoms with Crippen LogP contribution in [0.5, 0.6) is 5.75 Å².